The van der Waals surface area contributed by atoms with E-state index in [0.717, 1.165) is 10.5 Å². The highest BCUT2D eigenvalue weighted by Gasteiger charge is 2.24. The molecule has 0 aliphatic heterocycles. The van der Waals surface area contributed by atoms with Crippen LogP contribution >= 0.6 is 0 Å². The topological polar surface area (TPSA) is 9.23 Å². The first-order valence-corrected chi connectivity index (χ1v) is 4.27. The van der Waals surface area contributed by atoms with Crippen LogP contribution in [0.2, 0.25) is 0 Å². The molecule has 0 aromatic carbocycles. The normalized spacial score (nSPS) is 11.9. The molecule has 0 aliphatic rings. The number of rotatable bonds is 4. The van der Waals surface area contributed by atoms with Crippen molar-refractivity contribution in [3.63, 3.8) is 0 Å². The fourth-order valence-corrected chi connectivity index (χ4v) is 1.76. The van der Waals surface area contributed by atoms with E-state index in [4.69, 9.17) is 4.43 Å². The molecule has 0 unspecified atom stereocenters. The summed E-state index contributed by atoms with van der Waals surface area (Å²) in [4.78, 5) is 0. The fourth-order valence-electron chi connectivity index (χ4n) is 0.957. The predicted molar refractivity (Wildman–Crippen MR) is 49.0 cm³/mol. The molecule has 0 aromatic rings. The molecule has 0 N–H and O–H groups in total. The summed E-state index contributed by atoms with van der Waals surface area (Å²) >= 11 is 0. The zero-order valence-electron chi connectivity index (χ0n) is 7.05. The Labute approximate surface area is 66.3 Å². The van der Waals surface area contributed by atoms with Gasteiger partial charge in [-0.25, -0.2) is 0 Å². The lowest BCUT2D eigenvalue weighted by atomic mass is 9.91. The molecule has 0 saturated heterocycles. The summed E-state index contributed by atoms with van der Waals surface area (Å²) in [6.07, 6.45) is 3.63. The molecule has 0 atom stereocenters. The van der Waals surface area contributed by atoms with Gasteiger partial charge in [0.15, 0.2) is 0 Å². The van der Waals surface area contributed by atoms with E-state index in [1.54, 1.807) is 0 Å². The number of hydrogen-bond donors (Lipinski definition) is 0. The Hall–Kier alpha value is -0.343. The quantitative estimate of drug-likeness (QED) is 0.437. The van der Waals surface area contributed by atoms with Crippen molar-refractivity contribution in [2.45, 2.75) is 19.4 Å². The highest BCUT2D eigenvalue weighted by Crippen LogP contribution is 2.22. The van der Waals surface area contributed by atoms with Gasteiger partial charge in [-0.3, -0.25) is 0 Å². The van der Waals surface area contributed by atoms with Crippen LogP contribution < -0.4 is 0 Å². The Kier molecular flexibility index (Phi) is 3.61. The van der Waals surface area contributed by atoms with Crippen molar-refractivity contribution in [2.24, 2.45) is 5.92 Å². The Morgan fingerprint density at radius 2 is 1.80 bits per heavy atom. The van der Waals surface area contributed by atoms with E-state index in [2.05, 4.69) is 27.0 Å². The van der Waals surface area contributed by atoms with Gasteiger partial charge in [0.25, 0.3) is 0 Å². The summed E-state index contributed by atoms with van der Waals surface area (Å²) in [7, 11) is 0.721. The van der Waals surface area contributed by atoms with Crippen molar-refractivity contribution >= 4 is 10.5 Å². The Morgan fingerprint density at radius 1 is 1.40 bits per heavy atom. The summed E-state index contributed by atoms with van der Waals surface area (Å²) in [5, 5.41) is 0. The largest absolute Gasteiger partial charge is 0.415 e. The third kappa shape index (κ3) is 1.58. The van der Waals surface area contributed by atoms with Gasteiger partial charge in [0.1, 0.15) is 10.5 Å². The molecule has 1 nitrogen and oxygen atoms in total. The van der Waals surface area contributed by atoms with Crippen molar-refractivity contribution < 1.29 is 4.43 Å². The SMILES string of the molecule is C=CC(C=C)(O[SiH3])C(C)C. The van der Waals surface area contributed by atoms with Gasteiger partial charge in [0, 0.05) is 0 Å². The van der Waals surface area contributed by atoms with Crippen molar-refractivity contribution in [3.05, 3.63) is 25.3 Å². The minimum absolute atomic E-state index is 0.285. The summed E-state index contributed by atoms with van der Waals surface area (Å²) in [6, 6.07) is 0. The van der Waals surface area contributed by atoms with E-state index < -0.39 is 0 Å². The van der Waals surface area contributed by atoms with Gasteiger partial charge in [-0.15, -0.1) is 0 Å². The Bertz CT molecular complexity index is 121. The van der Waals surface area contributed by atoms with E-state index >= 15 is 0 Å². The third-order valence-corrected chi connectivity index (χ3v) is 2.60. The first-order chi connectivity index (χ1) is 4.63. The lowest BCUT2D eigenvalue weighted by Crippen LogP contribution is -2.32. The lowest BCUT2D eigenvalue weighted by Gasteiger charge is -2.30. The second-order valence-corrected chi connectivity index (χ2v) is 3.03. The molecule has 2 heteroatoms. The van der Waals surface area contributed by atoms with Crippen molar-refractivity contribution in [1.82, 2.24) is 0 Å². The molecule has 0 saturated carbocycles. The molecule has 0 amide bonds. The van der Waals surface area contributed by atoms with Crippen LogP contribution in [0.15, 0.2) is 25.3 Å². The van der Waals surface area contributed by atoms with E-state index in [0.29, 0.717) is 5.92 Å². The van der Waals surface area contributed by atoms with Gasteiger partial charge in [-0.2, -0.15) is 0 Å². The van der Waals surface area contributed by atoms with Gasteiger partial charge in [-0.1, -0.05) is 39.2 Å². The van der Waals surface area contributed by atoms with Crippen LogP contribution in [0.1, 0.15) is 13.8 Å². The third-order valence-electron chi connectivity index (χ3n) is 1.89. The van der Waals surface area contributed by atoms with Gasteiger partial charge >= 0.3 is 0 Å². The molecule has 58 valence electrons. The molecule has 0 rings (SSSR count). The second-order valence-electron chi connectivity index (χ2n) is 2.62. The number of hydrogen-bond acceptors (Lipinski definition) is 1. The Morgan fingerprint density at radius 3 is 1.80 bits per heavy atom. The molecule has 0 heterocycles. The van der Waals surface area contributed by atoms with Crippen molar-refractivity contribution in [1.29, 1.82) is 0 Å². The lowest BCUT2D eigenvalue weighted by molar-refractivity contribution is 0.134. The van der Waals surface area contributed by atoms with Gasteiger partial charge in [-0.05, 0) is 5.92 Å². The van der Waals surface area contributed by atoms with Gasteiger partial charge in [0.2, 0.25) is 0 Å². The first kappa shape index (κ1) is 9.66. The molecule has 0 spiro atoms. The van der Waals surface area contributed by atoms with Crippen molar-refractivity contribution in [2.75, 3.05) is 0 Å². The standard InChI is InChI=1S/C8H16OSi/c1-5-8(6-2,9-10)7(3)4/h5-7H,1-2H2,3-4,10H3. The summed E-state index contributed by atoms with van der Waals surface area (Å²) in [6.45, 7) is 11.6. The van der Waals surface area contributed by atoms with Crippen LogP contribution in [0.3, 0.4) is 0 Å². The smallest absolute Gasteiger partial charge is 0.147 e. The maximum Gasteiger partial charge on any atom is 0.147 e. The first-order valence-electron chi connectivity index (χ1n) is 3.45. The average molecular weight is 156 g/mol. The van der Waals surface area contributed by atoms with Crippen LogP contribution in [0.5, 0.6) is 0 Å². The van der Waals surface area contributed by atoms with Crippen LogP contribution in [-0.2, 0) is 4.43 Å². The molecular formula is C8H16OSi. The molecule has 0 aliphatic carbocycles. The van der Waals surface area contributed by atoms with Crippen molar-refractivity contribution in [3.8, 4) is 0 Å². The van der Waals surface area contributed by atoms with Crippen LogP contribution in [0.4, 0.5) is 0 Å². The predicted octanol–water partition coefficient (Wildman–Crippen LogP) is 1.05. The van der Waals surface area contributed by atoms with Crippen LogP contribution in [-0.4, -0.2) is 16.1 Å². The molecule has 10 heavy (non-hydrogen) atoms. The highest BCUT2D eigenvalue weighted by atomic mass is 28.2. The zero-order valence-corrected chi connectivity index (χ0v) is 9.05. The van der Waals surface area contributed by atoms with Gasteiger partial charge in [0.05, 0.1) is 5.60 Å². The highest BCUT2D eigenvalue weighted by molar-refractivity contribution is 5.98. The van der Waals surface area contributed by atoms with E-state index in [9.17, 15) is 0 Å². The molecule has 0 bridgehead atoms. The zero-order chi connectivity index (χ0) is 8.20. The van der Waals surface area contributed by atoms with E-state index in [1.165, 1.54) is 0 Å². The molecule has 0 aromatic heterocycles. The Balaban J connectivity index is 4.45. The van der Waals surface area contributed by atoms with E-state index in [1.807, 2.05) is 12.2 Å². The monoisotopic (exact) mass is 156 g/mol. The molecule has 0 fully saturated rings. The van der Waals surface area contributed by atoms with Crippen LogP contribution in [0.25, 0.3) is 0 Å². The summed E-state index contributed by atoms with van der Waals surface area (Å²) < 4.78 is 5.40. The second kappa shape index (κ2) is 3.74. The molecular weight excluding hydrogens is 140 g/mol. The maximum atomic E-state index is 5.40. The van der Waals surface area contributed by atoms with Crippen LogP contribution in [0, 0.1) is 5.92 Å². The van der Waals surface area contributed by atoms with E-state index in [-0.39, 0.29) is 5.60 Å². The maximum absolute atomic E-state index is 5.40. The molecule has 0 radical (unpaired) electrons. The summed E-state index contributed by atoms with van der Waals surface area (Å²) in [5.41, 5.74) is -0.285. The minimum Gasteiger partial charge on any atom is -0.415 e. The summed E-state index contributed by atoms with van der Waals surface area (Å²) in [5.74, 6) is 0.417. The average Bonchev–Trinajstić information content (AvgIpc) is 1.92. The fraction of sp³-hybridized carbons (Fsp3) is 0.500. The van der Waals surface area contributed by atoms with Gasteiger partial charge < -0.3 is 4.43 Å². The minimum atomic E-state index is -0.285.